The minimum Gasteiger partial charge on any atom is -0.367 e. The van der Waals surface area contributed by atoms with E-state index in [0.29, 0.717) is 6.61 Å². The minimum absolute atomic E-state index is 0.129. The van der Waals surface area contributed by atoms with E-state index in [1.807, 2.05) is 38.3 Å². The molecule has 3 heteroatoms. The number of hydrogen-bond donors (Lipinski definition) is 0. The van der Waals surface area contributed by atoms with Crippen molar-refractivity contribution in [3.63, 3.8) is 0 Å². The van der Waals surface area contributed by atoms with E-state index in [1.54, 1.807) is 0 Å². The third-order valence-electron chi connectivity index (χ3n) is 2.72. The van der Waals surface area contributed by atoms with E-state index in [-0.39, 0.29) is 5.78 Å². The zero-order valence-corrected chi connectivity index (χ0v) is 10.4. The number of ketones is 1. The fraction of sp³-hybridized carbons (Fsp3) is 0.583. The van der Waals surface area contributed by atoms with Crippen molar-refractivity contribution in [2.45, 2.75) is 39.2 Å². The molecule has 1 heterocycles. The van der Waals surface area contributed by atoms with Gasteiger partial charge in [-0.2, -0.15) is 0 Å². The summed E-state index contributed by atoms with van der Waals surface area (Å²) in [6, 6.07) is 3.77. The smallest absolute Gasteiger partial charge is 0.204 e. The summed E-state index contributed by atoms with van der Waals surface area (Å²) in [7, 11) is 0. The highest BCUT2D eigenvalue weighted by atomic mass is 32.1. The van der Waals surface area contributed by atoms with Gasteiger partial charge in [0.1, 0.15) is 5.60 Å². The fourth-order valence-electron chi connectivity index (χ4n) is 1.75. The van der Waals surface area contributed by atoms with E-state index >= 15 is 0 Å². The third kappa shape index (κ3) is 2.47. The number of carbonyl (C=O) groups excluding carboxylic acids is 1. The molecule has 0 saturated carbocycles. The molecule has 0 N–H and O–H groups in total. The topological polar surface area (TPSA) is 26.3 Å². The lowest BCUT2D eigenvalue weighted by Gasteiger charge is -2.29. The highest BCUT2D eigenvalue weighted by molar-refractivity contribution is 7.12. The summed E-state index contributed by atoms with van der Waals surface area (Å²) in [6.45, 7) is 6.52. The SMILES string of the molecule is CCOC(CC)(CC)C(=O)c1cccs1. The van der Waals surface area contributed by atoms with Gasteiger partial charge in [0.2, 0.25) is 5.78 Å². The van der Waals surface area contributed by atoms with Crippen molar-refractivity contribution >= 4 is 17.1 Å². The molecule has 1 rings (SSSR count). The molecule has 0 atom stereocenters. The van der Waals surface area contributed by atoms with Gasteiger partial charge in [-0.15, -0.1) is 11.3 Å². The predicted molar refractivity (Wildman–Crippen MR) is 63.6 cm³/mol. The fourth-order valence-corrected chi connectivity index (χ4v) is 2.50. The van der Waals surface area contributed by atoms with Gasteiger partial charge in [0.05, 0.1) is 4.88 Å². The van der Waals surface area contributed by atoms with Crippen LogP contribution >= 0.6 is 11.3 Å². The van der Waals surface area contributed by atoms with Crippen LogP contribution in [0.2, 0.25) is 0 Å². The van der Waals surface area contributed by atoms with Crippen LogP contribution in [0.4, 0.5) is 0 Å². The van der Waals surface area contributed by atoms with Crippen LogP contribution in [0.15, 0.2) is 17.5 Å². The van der Waals surface area contributed by atoms with Crippen LogP contribution in [0.3, 0.4) is 0 Å². The van der Waals surface area contributed by atoms with Crippen molar-refractivity contribution in [3.8, 4) is 0 Å². The lowest BCUT2D eigenvalue weighted by molar-refractivity contribution is -0.0247. The van der Waals surface area contributed by atoms with Gasteiger partial charge in [0.25, 0.3) is 0 Å². The molecule has 0 aliphatic rings. The molecule has 0 spiro atoms. The Morgan fingerprint density at radius 1 is 1.40 bits per heavy atom. The second-order valence-electron chi connectivity index (χ2n) is 3.44. The van der Waals surface area contributed by atoms with Gasteiger partial charge in [-0.05, 0) is 31.2 Å². The van der Waals surface area contributed by atoms with Crippen molar-refractivity contribution in [2.75, 3.05) is 6.61 Å². The first kappa shape index (κ1) is 12.4. The van der Waals surface area contributed by atoms with E-state index in [4.69, 9.17) is 4.74 Å². The lowest BCUT2D eigenvalue weighted by Crippen LogP contribution is -2.40. The van der Waals surface area contributed by atoms with Crippen LogP contribution in [0.5, 0.6) is 0 Å². The quantitative estimate of drug-likeness (QED) is 0.694. The van der Waals surface area contributed by atoms with Crippen molar-refractivity contribution in [1.82, 2.24) is 0 Å². The number of Topliss-reactive ketones (excluding diaryl/α,β-unsaturated/α-hetero) is 1. The van der Waals surface area contributed by atoms with Gasteiger partial charge >= 0.3 is 0 Å². The van der Waals surface area contributed by atoms with Crippen molar-refractivity contribution in [2.24, 2.45) is 0 Å². The highest BCUT2D eigenvalue weighted by Crippen LogP contribution is 2.27. The van der Waals surface area contributed by atoms with Crippen LogP contribution in [-0.2, 0) is 4.74 Å². The van der Waals surface area contributed by atoms with E-state index in [0.717, 1.165) is 17.7 Å². The number of carbonyl (C=O) groups is 1. The van der Waals surface area contributed by atoms with E-state index in [9.17, 15) is 4.79 Å². The predicted octanol–water partition coefficient (Wildman–Crippen LogP) is 3.53. The molecule has 0 aliphatic carbocycles. The molecular weight excluding hydrogens is 208 g/mol. The van der Waals surface area contributed by atoms with E-state index in [2.05, 4.69) is 0 Å². The Bertz CT molecular complexity index is 299. The minimum atomic E-state index is -0.612. The molecule has 0 unspecified atom stereocenters. The molecule has 0 aliphatic heterocycles. The maximum absolute atomic E-state index is 12.3. The first-order valence-electron chi connectivity index (χ1n) is 5.42. The normalized spacial score (nSPS) is 11.7. The van der Waals surface area contributed by atoms with Gasteiger partial charge in [-0.3, -0.25) is 4.79 Å². The Morgan fingerprint density at radius 3 is 2.47 bits per heavy atom. The number of thiophene rings is 1. The molecule has 0 radical (unpaired) electrons. The molecule has 1 aromatic rings. The summed E-state index contributed by atoms with van der Waals surface area (Å²) >= 11 is 1.48. The number of rotatable bonds is 6. The van der Waals surface area contributed by atoms with Gasteiger partial charge in [-0.25, -0.2) is 0 Å². The maximum atomic E-state index is 12.3. The zero-order valence-electron chi connectivity index (χ0n) is 9.58. The second-order valence-corrected chi connectivity index (χ2v) is 4.39. The van der Waals surface area contributed by atoms with Crippen LogP contribution < -0.4 is 0 Å². The summed E-state index contributed by atoms with van der Waals surface area (Å²) in [5.74, 6) is 0.129. The van der Waals surface area contributed by atoms with Crippen LogP contribution in [0.1, 0.15) is 43.3 Å². The monoisotopic (exact) mass is 226 g/mol. The molecule has 0 saturated heterocycles. The second kappa shape index (κ2) is 5.42. The van der Waals surface area contributed by atoms with Crippen LogP contribution in [0.25, 0.3) is 0 Å². The van der Waals surface area contributed by atoms with Crippen molar-refractivity contribution in [1.29, 1.82) is 0 Å². The molecule has 84 valence electrons. The molecule has 2 nitrogen and oxygen atoms in total. The summed E-state index contributed by atoms with van der Waals surface area (Å²) in [6.07, 6.45) is 1.46. The average molecular weight is 226 g/mol. The largest absolute Gasteiger partial charge is 0.367 e. The molecule has 0 aromatic carbocycles. The van der Waals surface area contributed by atoms with Gasteiger partial charge in [0, 0.05) is 6.61 Å². The summed E-state index contributed by atoms with van der Waals surface area (Å²) in [5, 5.41) is 1.93. The molecule has 15 heavy (non-hydrogen) atoms. The van der Waals surface area contributed by atoms with E-state index < -0.39 is 5.60 Å². The maximum Gasteiger partial charge on any atom is 0.204 e. The average Bonchev–Trinajstić information content (AvgIpc) is 2.78. The summed E-state index contributed by atoms with van der Waals surface area (Å²) in [5.41, 5.74) is -0.612. The molecule has 0 bridgehead atoms. The Hall–Kier alpha value is -0.670. The standard InChI is InChI=1S/C12H18O2S/c1-4-12(5-2,14-6-3)11(13)10-8-7-9-15-10/h7-9H,4-6H2,1-3H3. The Morgan fingerprint density at radius 2 is 2.07 bits per heavy atom. The number of ether oxygens (including phenoxy) is 1. The molecule has 1 aromatic heterocycles. The first-order valence-corrected chi connectivity index (χ1v) is 6.30. The summed E-state index contributed by atoms with van der Waals surface area (Å²) in [4.78, 5) is 13.1. The number of hydrogen-bond acceptors (Lipinski definition) is 3. The third-order valence-corrected chi connectivity index (χ3v) is 3.59. The van der Waals surface area contributed by atoms with E-state index in [1.165, 1.54) is 11.3 Å². The molecular formula is C12H18O2S. The van der Waals surface area contributed by atoms with Crippen LogP contribution in [-0.4, -0.2) is 18.0 Å². The highest BCUT2D eigenvalue weighted by Gasteiger charge is 2.36. The van der Waals surface area contributed by atoms with Gasteiger partial charge in [-0.1, -0.05) is 19.9 Å². The summed E-state index contributed by atoms with van der Waals surface area (Å²) < 4.78 is 5.67. The van der Waals surface area contributed by atoms with Crippen LogP contribution in [0, 0.1) is 0 Å². The van der Waals surface area contributed by atoms with Gasteiger partial charge < -0.3 is 4.74 Å². The Balaban J connectivity index is 2.94. The van der Waals surface area contributed by atoms with Crippen molar-refractivity contribution < 1.29 is 9.53 Å². The Kier molecular flexibility index (Phi) is 4.48. The van der Waals surface area contributed by atoms with Gasteiger partial charge in [0.15, 0.2) is 0 Å². The molecule has 0 fully saturated rings. The molecule has 0 amide bonds. The zero-order chi connectivity index (χ0) is 11.3. The van der Waals surface area contributed by atoms with Crippen molar-refractivity contribution in [3.05, 3.63) is 22.4 Å². The Labute approximate surface area is 95.3 Å². The first-order chi connectivity index (χ1) is 7.20. The lowest BCUT2D eigenvalue weighted by atomic mass is 9.91.